The zero-order valence-corrected chi connectivity index (χ0v) is 19.0. The minimum absolute atomic E-state index is 0.0355. The minimum Gasteiger partial charge on any atom is -0.352 e. The fraction of sp³-hybridized carbons (Fsp3) is 0.478. The first-order chi connectivity index (χ1) is 16.0. The molecule has 1 aliphatic carbocycles. The Labute approximate surface area is 194 Å². The number of piperazine rings is 1. The van der Waals surface area contributed by atoms with Crippen LogP contribution in [0.15, 0.2) is 24.3 Å². The van der Waals surface area contributed by atoms with Crippen molar-refractivity contribution >= 4 is 17.6 Å². The van der Waals surface area contributed by atoms with E-state index >= 15 is 0 Å². The molecule has 1 aromatic carbocycles. The van der Waals surface area contributed by atoms with E-state index in [9.17, 15) is 27.6 Å². The van der Waals surface area contributed by atoms with E-state index in [0.717, 1.165) is 25.0 Å². The number of halogens is 3. The van der Waals surface area contributed by atoms with Crippen LogP contribution in [0.2, 0.25) is 0 Å². The quantitative estimate of drug-likeness (QED) is 0.509. The highest BCUT2D eigenvalue weighted by atomic mass is 19.4. The van der Waals surface area contributed by atoms with Crippen LogP contribution in [0.1, 0.15) is 40.2 Å². The molecule has 34 heavy (non-hydrogen) atoms. The molecule has 1 saturated carbocycles. The second-order valence-corrected chi connectivity index (χ2v) is 8.74. The molecule has 0 spiro atoms. The van der Waals surface area contributed by atoms with Gasteiger partial charge in [-0.1, -0.05) is 6.07 Å². The molecule has 2 aromatic rings. The van der Waals surface area contributed by atoms with E-state index in [1.54, 1.807) is 13.8 Å². The van der Waals surface area contributed by atoms with Gasteiger partial charge in [0.05, 0.1) is 34.7 Å². The molecule has 8 nitrogen and oxygen atoms in total. The molecule has 2 aliphatic rings. The number of carbonyl (C=O) groups is 3. The summed E-state index contributed by atoms with van der Waals surface area (Å²) in [6.45, 7) is 4.92. The maximum absolute atomic E-state index is 13.1. The fourth-order valence-electron chi connectivity index (χ4n) is 4.10. The zero-order chi connectivity index (χ0) is 24.6. The standard InChI is InChI=1S/C23H26F3N5O3/c1-14-20(15(2)31(28-14)18-5-3-4-16(12-18)23(24,25)26)21(33)22(34)30-10-8-29(9-11-30)13-19(32)27-17-6-7-17/h3-5,12,17H,6-11,13H2,1-2H3,(H,27,32). The summed E-state index contributed by atoms with van der Waals surface area (Å²) in [5, 5.41) is 7.16. The number of hydrogen-bond acceptors (Lipinski definition) is 5. The number of aryl methyl sites for hydroxylation is 1. The van der Waals surface area contributed by atoms with Crippen molar-refractivity contribution in [1.82, 2.24) is 24.9 Å². The molecule has 0 atom stereocenters. The molecule has 2 heterocycles. The van der Waals surface area contributed by atoms with E-state index < -0.39 is 23.4 Å². The molecule has 0 bridgehead atoms. The van der Waals surface area contributed by atoms with Gasteiger partial charge in [0.2, 0.25) is 5.91 Å². The first-order valence-corrected chi connectivity index (χ1v) is 11.1. The number of carbonyl (C=O) groups excluding carboxylic acids is 3. The second-order valence-electron chi connectivity index (χ2n) is 8.74. The Morgan fingerprint density at radius 3 is 2.38 bits per heavy atom. The van der Waals surface area contributed by atoms with E-state index in [0.29, 0.717) is 31.9 Å². The van der Waals surface area contributed by atoms with Crippen molar-refractivity contribution < 1.29 is 27.6 Å². The monoisotopic (exact) mass is 477 g/mol. The Kier molecular flexibility index (Phi) is 6.48. The van der Waals surface area contributed by atoms with Crippen LogP contribution in [0, 0.1) is 13.8 Å². The number of aromatic nitrogens is 2. The van der Waals surface area contributed by atoms with Gasteiger partial charge in [0.25, 0.3) is 11.7 Å². The third-order valence-corrected chi connectivity index (χ3v) is 6.10. The van der Waals surface area contributed by atoms with Crippen LogP contribution < -0.4 is 5.32 Å². The molecule has 1 N–H and O–H groups in total. The Hall–Kier alpha value is -3.21. The third kappa shape index (κ3) is 5.14. The van der Waals surface area contributed by atoms with Crippen LogP contribution in [0.4, 0.5) is 13.2 Å². The molecule has 1 aromatic heterocycles. The second kappa shape index (κ2) is 9.21. The lowest BCUT2D eigenvalue weighted by atomic mass is 10.1. The van der Waals surface area contributed by atoms with Crippen LogP contribution in [0.3, 0.4) is 0 Å². The number of alkyl halides is 3. The van der Waals surface area contributed by atoms with Gasteiger partial charge in [-0.3, -0.25) is 19.3 Å². The average molecular weight is 477 g/mol. The van der Waals surface area contributed by atoms with E-state index in [4.69, 9.17) is 0 Å². The van der Waals surface area contributed by atoms with Crippen molar-refractivity contribution in [2.45, 2.75) is 38.9 Å². The summed E-state index contributed by atoms with van der Waals surface area (Å²) in [5.74, 6) is -1.46. The van der Waals surface area contributed by atoms with Gasteiger partial charge in [0, 0.05) is 32.2 Å². The van der Waals surface area contributed by atoms with Crippen molar-refractivity contribution in [3.8, 4) is 5.69 Å². The summed E-state index contributed by atoms with van der Waals surface area (Å²) in [5.41, 5.74) is -0.0203. The van der Waals surface area contributed by atoms with E-state index in [-0.39, 0.29) is 35.4 Å². The number of amides is 2. The van der Waals surface area contributed by atoms with Crippen LogP contribution in [-0.4, -0.2) is 75.9 Å². The first kappa shape index (κ1) is 23.9. The maximum atomic E-state index is 13.1. The molecule has 4 rings (SSSR count). The Morgan fingerprint density at radius 2 is 1.76 bits per heavy atom. The van der Waals surface area contributed by atoms with Gasteiger partial charge in [0.1, 0.15) is 0 Å². The predicted octanol–water partition coefficient (Wildman–Crippen LogP) is 2.11. The first-order valence-electron chi connectivity index (χ1n) is 11.1. The van der Waals surface area contributed by atoms with Crippen molar-refractivity contribution in [2.75, 3.05) is 32.7 Å². The van der Waals surface area contributed by atoms with Crippen molar-refractivity contribution in [3.05, 3.63) is 46.8 Å². The van der Waals surface area contributed by atoms with Gasteiger partial charge in [0.15, 0.2) is 0 Å². The number of nitrogens with one attached hydrogen (secondary N) is 1. The van der Waals surface area contributed by atoms with E-state index in [1.165, 1.54) is 21.7 Å². The number of benzene rings is 1. The Morgan fingerprint density at radius 1 is 1.09 bits per heavy atom. The molecule has 2 fully saturated rings. The van der Waals surface area contributed by atoms with E-state index in [1.807, 2.05) is 4.90 Å². The highest BCUT2D eigenvalue weighted by molar-refractivity contribution is 6.43. The Balaban J connectivity index is 1.44. The molecule has 1 aliphatic heterocycles. The number of ketones is 1. The minimum atomic E-state index is -4.51. The number of rotatable bonds is 6. The van der Waals surface area contributed by atoms with Gasteiger partial charge in [-0.15, -0.1) is 0 Å². The topological polar surface area (TPSA) is 87.5 Å². The van der Waals surface area contributed by atoms with E-state index in [2.05, 4.69) is 10.4 Å². The molecule has 1 saturated heterocycles. The summed E-state index contributed by atoms with van der Waals surface area (Å²) < 4.78 is 40.6. The highest BCUT2D eigenvalue weighted by Crippen LogP contribution is 2.31. The van der Waals surface area contributed by atoms with Crippen LogP contribution in [0.25, 0.3) is 5.69 Å². The normalized spacial score (nSPS) is 17.0. The lowest BCUT2D eigenvalue weighted by Crippen LogP contribution is -2.52. The highest BCUT2D eigenvalue weighted by Gasteiger charge is 2.33. The SMILES string of the molecule is Cc1nn(-c2cccc(C(F)(F)F)c2)c(C)c1C(=O)C(=O)N1CCN(CC(=O)NC2CC2)CC1. The Bertz CT molecular complexity index is 1120. The van der Waals surface area contributed by atoms with Gasteiger partial charge in [-0.25, -0.2) is 4.68 Å². The van der Waals surface area contributed by atoms with Gasteiger partial charge in [-0.05, 0) is 44.9 Å². The third-order valence-electron chi connectivity index (χ3n) is 6.10. The lowest BCUT2D eigenvalue weighted by Gasteiger charge is -2.33. The van der Waals surface area contributed by atoms with Crippen LogP contribution in [0.5, 0.6) is 0 Å². The summed E-state index contributed by atoms with van der Waals surface area (Å²) in [6, 6.07) is 4.93. The molecular formula is C23H26F3N5O3. The molecular weight excluding hydrogens is 451 g/mol. The van der Waals surface area contributed by atoms with Crippen molar-refractivity contribution in [3.63, 3.8) is 0 Å². The number of hydrogen-bond donors (Lipinski definition) is 1. The summed E-state index contributed by atoms with van der Waals surface area (Å²) >= 11 is 0. The zero-order valence-electron chi connectivity index (χ0n) is 19.0. The van der Waals surface area contributed by atoms with Crippen molar-refractivity contribution in [1.29, 1.82) is 0 Å². The number of nitrogens with zero attached hydrogens (tertiary/aromatic N) is 4. The fourth-order valence-corrected chi connectivity index (χ4v) is 4.10. The summed E-state index contributed by atoms with van der Waals surface area (Å²) in [4.78, 5) is 41.3. The molecule has 2 amide bonds. The van der Waals surface area contributed by atoms with Crippen molar-refractivity contribution in [2.24, 2.45) is 0 Å². The molecule has 11 heteroatoms. The van der Waals surface area contributed by atoms with Gasteiger partial charge in [-0.2, -0.15) is 18.3 Å². The number of Topliss-reactive ketones (excluding diaryl/α,β-unsaturated/α-hetero) is 1. The molecule has 182 valence electrons. The average Bonchev–Trinajstić information content (AvgIpc) is 3.55. The molecule has 0 radical (unpaired) electrons. The summed E-state index contributed by atoms with van der Waals surface area (Å²) in [7, 11) is 0. The predicted molar refractivity (Wildman–Crippen MR) is 117 cm³/mol. The maximum Gasteiger partial charge on any atom is 0.416 e. The largest absolute Gasteiger partial charge is 0.416 e. The summed E-state index contributed by atoms with van der Waals surface area (Å²) in [6.07, 6.45) is -2.49. The van der Waals surface area contributed by atoms with Crippen LogP contribution in [-0.2, 0) is 15.8 Å². The smallest absolute Gasteiger partial charge is 0.352 e. The molecule has 0 unspecified atom stereocenters. The lowest BCUT2D eigenvalue weighted by molar-refractivity contribution is -0.137. The van der Waals surface area contributed by atoms with Crippen LogP contribution >= 0.6 is 0 Å². The van der Waals surface area contributed by atoms with Gasteiger partial charge >= 0.3 is 6.18 Å². The van der Waals surface area contributed by atoms with Gasteiger partial charge < -0.3 is 10.2 Å².